The highest BCUT2D eigenvalue weighted by Crippen LogP contribution is 2.37. The number of rotatable bonds is 6. The molecule has 176 valence electrons. The number of thiazole rings is 1. The van der Waals surface area contributed by atoms with Crippen molar-refractivity contribution < 1.29 is 19.1 Å². The molecular weight excluding hydrogens is 462 g/mol. The van der Waals surface area contributed by atoms with Gasteiger partial charge in [-0.15, -0.1) is 11.3 Å². The Morgan fingerprint density at radius 3 is 2.54 bits per heavy atom. The number of para-hydroxylation sites is 1. The number of carbonyl (C=O) groups is 2. The molecule has 0 bridgehead atoms. The van der Waals surface area contributed by atoms with Crippen LogP contribution >= 0.6 is 11.3 Å². The number of hydrogen-bond acceptors (Lipinski definition) is 6. The number of nitrogens with zero attached hydrogens (tertiary/aromatic N) is 2. The van der Waals surface area contributed by atoms with E-state index in [0.29, 0.717) is 22.9 Å². The Labute approximate surface area is 207 Å². The molecule has 2 heterocycles. The molecule has 0 spiro atoms. The Bertz CT molecular complexity index is 1370. The minimum Gasteiger partial charge on any atom is -0.482 e. The lowest BCUT2D eigenvalue weighted by molar-refractivity contribution is -0.125. The van der Waals surface area contributed by atoms with Crippen LogP contribution in [-0.4, -0.2) is 29.4 Å². The minimum absolute atomic E-state index is 0.120. The van der Waals surface area contributed by atoms with Crippen LogP contribution in [0.15, 0.2) is 78.2 Å². The number of hydrogen-bond donors (Lipinski definition) is 1. The van der Waals surface area contributed by atoms with Crippen molar-refractivity contribution in [1.29, 1.82) is 0 Å². The first-order valence-corrected chi connectivity index (χ1v) is 12.0. The number of carbonyl (C=O) groups excluding carboxylic acids is 2. The maximum atomic E-state index is 13.1. The molecular formula is C27H23N3O4S. The fourth-order valence-corrected chi connectivity index (χ4v) is 4.47. The Morgan fingerprint density at radius 2 is 1.83 bits per heavy atom. The number of aryl methyl sites for hydroxylation is 1. The molecule has 35 heavy (non-hydrogen) atoms. The van der Waals surface area contributed by atoms with E-state index in [9.17, 15) is 9.59 Å². The lowest BCUT2D eigenvalue weighted by Crippen LogP contribution is -2.49. The van der Waals surface area contributed by atoms with Crippen molar-refractivity contribution in [3.8, 4) is 28.5 Å². The molecule has 0 saturated heterocycles. The van der Waals surface area contributed by atoms with Crippen LogP contribution in [0.5, 0.6) is 17.2 Å². The van der Waals surface area contributed by atoms with Gasteiger partial charge in [0.05, 0.1) is 16.4 Å². The van der Waals surface area contributed by atoms with Crippen LogP contribution in [0.2, 0.25) is 0 Å². The molecule has 1 atom stereocenters. The van der Waals surface area contributed by atoms with Gasteiger partial charge in [-0.05, 0) is 68.4 Å². The van der Waals surface area contributed by atoms with Crippen LogP contribution in [0.4, 0.5) is 11.4 Å². The van der Waals surface area contributed by atoms with Gasteiger partial charge >= 0.3 is 0 Å². The summed E-state index contributed by atoms with van der Waals surface area (Å²) in [5.41, 5.74) is 2.84. The average Bonchev–Trinajstić information content (AvgIpc) is 3.31. The van der Waals surface area contributed by atoms with Gasteiger partial charge in [-0.25, -0.2) is 4.98 Å². The van der Waals surface area contributed by atoms with Gasteiger partial charge in [0, 0.05) is 16.6 Å². The summed E-state index contributed by atoms with van der Waals surface area (Å²) in [6.45, 7) is 3.53. The van der Waals surface area contributed by atoms with E-state index in [1.807, 2.05) is 60.8 Å². The summed E-state index contributed by atoms with van der Waals surface area (Å²) >= 11 is 1.56. The third kappa shape index (κ3) is 4.88. The summed E-state index contributed by atoms with van der Waals surface area (Å²) in [7, 11) is 0. The van der Waals surface area contributed by atoms with Crippen molar-refractivity contribution >= 4 is 34.5 Å². The van der Waals surface area contributed by atoms with E-state index in [-0.39, 0.29) is 18.4 Å². The Balaban J connectivity index is 1.33. The van der Waals surface area contributed by atoms with Crippen LogP contribution in [0.3, 0.4) is 0 Å². The SMILES string of the molecule is Cc1nc(-c2ccc3c(c2)N(C(C)C(=O)Nc2ccc(Oc4ccccc4)cc2)C(=O)CO3)cs1. The van der Waals surface area contributed by atoms with E-state index in [0.717, 1.165) is 22.0 Å². The third-order valence-electron chi connectivity index (χ3n) is 5.62. The lowest BCUT2D eigenvalue weighted by Gasteiger charge is -2.33. The van der Waals surface area contributed by atoms with E-state index in [2.05, 4.69) is 10.3 Å². The predicted octanol–water partition coefficient (Wildman–Crippen LogP) is 5.66. The maximum Gasteiger partial charge on any atom is 0.265 e. The zero-order chi connectivity index (χ0) is 24.4. The van der Waals surface area contributed by atoms with E-state index >= 15 is 0 Å². The van der Waals surface area contributed by atoms with E-state index in [1.54, 1.807) is 42.5 Å². The second kappa shape index (κ2) is 9.60. The Morgan fingerprint density at radius 1 is 1.09 bits per heavy atom. The second-order valence-electron chi connectivity index (χ2n) is 8.09. The molecule has 2 amide bonds. The van der Waals surface area contributed by atoms with E-state index < -0.39 is 6.04 Å². The molecule has 7 nitrogen and oxygen atoms in total. The van der Waals surface area contributed by atoms with E-state index in [4.69, 9.17) is 9.47 Å². The van der Waals surface area contributed by atoms with Gasteiger partial charge in [-0.2, -0.15) is 0 Å². The Hall–Kier alpha value is -4.17. The maximum absolute atomic E-state index is 13.1. The van der Waals surface area contributed by atoms with Crippen LogP contribution in [0.25, 0.3) is 11.3 Å². The summed E-state index contributed by atoms with van der Waals surface area (Å²) in [6, 6.07) is 21.4. The molecule has 1 aliphatic rings. The van der Waals surface area contributed by atoms with Crippen molar-refractivity contribution in [2.45, 2.75) is 19.9 Å². The second-order valence-corrected chi connectivity index (χ2v) is 9.15. The molecule has 0 saturated carbocycles. The molecule has 5 rings (SSSR count). The van der Waals surface area contributed by atoms with Gasteiger partial charge in [0.25, 0.3) is 5.91 Å². The Kier molecular flexibility index (Phi) is 6.20. The highest BCUT2D eigenvalue weighted by molar-refractivity contribution is 7.09. The number of amides is 2. The monoisotopic (exact) mass is 485 g/mol. The quantitative estimate of drug-likeness (QED) is 0.381. The van der Waals surface area contributed by atoms with Crippen LogP contribution in [-0.2, 0) is 9.59 Å². The van der Waals surface area contributed by atoms with Crippen molar-refractivity contribution in [3.05, 3.63) is 83.2 Å². The molecule has 4 aromatic rings. The molecule has 1 aliphatic heterocycles. The van der Waals surface area contributed by atoms with Gasteiger partial charge in [-0.3, -0.25) is 14.5 Å². The average molecular weight is 486 g/mol. The zero-order valence-electron chi connectivity index (χ0n) is 19.2. The number of benzene rings is 3. The highest BCUT2D eigenvalue weighted by atomic mass is 32.1. The smallest absolute Gasteiger partial charge is 0.265 e. The minimum atomic E-state index is -0.752. The molecule has 1 aromatic heterocycles. The highest BCUT2D eigenvalue weighted by Gasteiger charge is 2.33. The lowest BCUT2D eigenvalue weighted by atomic mass is 10.1. The molecule has 1 N–H and O–H groups in total. The van der Waals surface area contributed by atoms with Crippen LogP contribution < -0.4 is 19.7 Å². The molecule has 0 aliphatic carbocycles. The van der Waals surface area contributed by atoms with Crippen molar-refractivity contribution in [2.24, 2.45) is 0 Å². The van der Waals surface area contributed by atoms with Gasteiger partial charge in [0.15, 0.2) is 6.61 Å². The first kappa shape index (κ1) is 22.6. The fraction of sp³-hybridized carbons (Fsp3) is 0.148. The summed E-state index contributed by atoms with van der Waals surface area (Å²) in [5, 5.41) is 5.81. The van der Waals surface area contributed by atoms with Gasteiger partial charge in [0.1, 0.15) is 23.3 Å². The van der Waals surface area contributed by atoms with E-state index in [1.165, 1.54) is 4.90 Å². The fourth-order valence-electron chi connectivity index (χ4n) is 3.85. The molecule has 8 heteroatoms. The van der Waals surface area contributed by atoms with Crippen molar-refractivity contribution in [3.63, 3.8) is 0 Å². The predicted molar refractivity (Wildman–Crippen MR) is 136 cm³/mol. The topological polar surface area (TPSA) is 80.8 Å². The summed E-state index contributed by atoms with van der Waals surface area (Å²) in [4.78, 5) is 31.9. The van der Waals surface area contributed by atoms with Gasteiger partial charge in [-0.1, -0.05) is 18.2 Å². The summed E-state index contributed by atoms with van der Waals surface area (Å²) in [6.07, 6.45) is 0. The van der Waals surface area contributed by atoms with Crippen LogP contribution in [0.1, 0.15) is 11.9 Å². The van der Waals surface area contributed by atoms with Crippen LogP contribution in [0, 0.1) is 6.92 Å². The molecule has 0 radical (unpaired) electrons. The standard InChI is InChI=1S/C27H23N3O4S/c1-17(27(32)29-20-9-11-22(12-10-20)34-21-6-4-3-5-7-21)30-24-14-19(23-16-35-18(2)28-23)8-13-25(24)33-15-26(30)31/h3-14,16-17H,15H2,1-2H3,(H,29,32). The zero-order valence-corrected chi connectivity index (χ0v) is 20.0. The largest absolute Gasteiger partial charge is 0.482 e. The summed E-state index contributed by atoms with van der Waals surface area (Å²) < 4.78 is 11.4. The number of nitrogens with one attached hydrogen (secondary N) is 1. The molecule has 0 fully saturated rings. The van der Waals surface area contributed by atoms with Gasteiger partial charge < -0.3 is 14.8 Å². The number of aromatic nitrogens is 1. The first-order chi connectivity index (χ1) is 17.0. The molecule has 3 aromatic carbocycles. The number of fused-ring (bicyclic) bond motifs is 1. The third-order valence-corrected chi connectivity index (χ3v) is 6.39. The molecule has 1 unspecified atom stereocenters. The number of ether oxygens (including phenoxy) is 2. The van der Waals surface area contributed by atoms with Crippen molar-refractivity contribution in [1.82, 2.24) is 4.98 Å². The van der Waals surface area contributed by atoms with Crippen molar-refractivity contribution in [2.75, 3.05) is 16.8 Å². The normalized spacial score (nSPS) is 13.5. The first-order valence-electron chi connectivity index (χ1n) is 11.1. The summed E-state index contributed by atoms with van der Waals surface area (Å²) in [5.74, 6) is 1.36. The number of anilines is 2. The van der Waals surface area contributed by atoms with Gasteiger partial charge in [0.2, 0.25) is 5.91 Å².